The van der Waals surface area contributed by atoms with Crippen molar-refractivity contribution < 1.29 is 19.4 Å². The van der Waals surface area contributed by atoms with Crippen molar-refractivity contribution in [2.45, 2.75) is 77.7 Å². The second-order valence-electron chi connectivity index (χ2n) is 5.77. The number of carbonyl (C=O) groups is 2. The fraction of sp³-hybridized carbons (Fsp3) is 0.667. The van der Waals surface area contributed by atoms with Gasteiger partial charge in [0.1, 0.15) is 17.4 Å². The minimum absolute atomic E-state index is 0.132. The summed E-state index contributed by atoms with van der Waals surface area (Å²) in [6.45, 7) is 4.05. The zero-order chi connectivity index (χ0) is 16.4. The molecule has 0 saturated carbocycles. The molecule has 1 aliphatic rings. The zero-order valence-electron chi connectivity index (χ0n) is 13.8. The second-order valence-corrected chi connectivity index (χ2v) is 5.77. The Morgan fingerprint density at radius 2 is 1.95 bits per heavy atom. The SMILES string of the molecule is CCCCCCCC=CC1CC(O)=C(C(=O)CCC)C(=O)O1. The van der Waals surface area contributed by atoms with Gasteiger partial charge in [-0.15, -0.1) is 0 Å². The number of hydrogen-bond acceptors (Lipinski definition) is 4. The molecule has 1 rings (SSSR count). The van der Waals surface area contributed by atoms with E-state index in [1.165, 1.54) is 25.7 Å². The third-order valence-corrected chi connectivity index (χ3v) is 3.73. The molecule has 0 aromatic heterocycles. The summed E-state index contributed by atoms with van der Waals surface area (Å²) >= 11 is 0. The van der Waals surface area contributed by atoms with E-state index in [0.717, 1.165) is 12.8 Å². The molecule has 1 unspecified atom stereocenters. The lowest BCUT2D eigenvalue weighted by molar-refractivity contribution is -0.145. The fourth-order valence-electron chi connectivity index (χ4n) is 2.50. The number of allylic oxidation sites excluding steroid dienone is 1. The van der Waals surface area contributed by atoms with Gasteiger partial charge in [-0.2, -0.15) is 0 Å². The molecule has 0 fully saturated rings. The number of ketones is 1. The maximum atomic E-state index is 11.8. The average molecular weight is 308 g/mol. The first-order valence-electron chi connectivity index (χ1n) is 8.43. The van der Waals surface area contributed by atoms with E-state index in [1.54, 1.807) is 0 Å². The summed E-state index contributed by atoms with van der Waals surface area (Å²) < 4.78 is 5.22. The van der Waals surface area contributed by atoms with E-state index in [9.17, 15) is 14.7 Å². The topological polar surface area (TPSA) is 63.6 Å². The second kappa shape index (κ2) is 10.2. The van der Waals surface area contributed by atoms with Crippen LogP contribution in [-0.4, -0.2) is 23.0 Å². The Labute approximate surface area is 133 Å². The van der Waals surface area contributed by atoms with Crippen molar-refractivity contribution in [3.63, 3.8) is 0 Å². The molecule has 0 spiro atoms. The van der Waals surface area contributed by atoms with E-state index in [-0.39, 0.29) is 30.0 Å². The van der Waals surface area contributed by atoms with Crippen LogP contribution in [0.5, 0.6) is 0 Å². The molecular weight excluding hydrogens is 280 g/mol. The molecule has 124 valence electrons. The molecule has 0 aromatic carbocycles. The van der Waals surface area contributed by atoms with E-state index in [4.69, 9.17) is 4.74 Å². The van der Waals surface area contributed by atoms with Crippen molar-refractivity contribution in [3.05, 3.63) is 23.5 Å². The standard InChI is InChI=1S/C18H28O4/c1-3-5-6-7-8-9-10-12-14-13-16(20)17(18(21)22-14)15(19)11-4-2/h10,12,14,20H,3-9,11,13H2,1-2H3. The maximum Gasteiger partial charge on any atom is 0.345 e. The van der Waals surface area contributed by atoms with E-state index in [2.05, 4.69) is 6.92 Å². The first-order valence-corrected chi connectivity index (χ1v) is 8.43. The van der Waals surface area contributed by atoms with Crippen molar-refractivity contribution in [1.29, 1.82) is 0 Å². The quantitative estimate of drug-likeness (QED) is 0.281. The number of aliphatic hydroxyl groups excluding tert-OH is 1. The summed E-state index contributed by atoms with van der Waals surface area (Å²) in [4.78, 5) is 23.6. The lowest BCUT2D eigenvalue weighted by Crippen LogP contribution is -2.29. The smallest absolute Gasteiger partial charge is 0.345 e. The molecule has 1 aliphatic heterocycles. The van der Waals surface area contributed by atoms with Crippen molar-refractivity contribution in [2.75, 3.05) is 0 Å². The Morgan fingerprint density at radius 3 is 2.59 bits per heavy atom. The Kier molecular flexibility index (Phi) is 8.56. The number of cyclic esters (lactones) is 1. The number of esters is 1. The summed E-state index contributed by atoms with van der Waals surface area (Å²) in [5.41, 5.74) is -0.161. The monoisotopic (exact) mass is 308 g/mol. The molecule has 1 N–H and O–H groups in total. The highest BCUT2D eigenvalue weighted by Crippen LogP contribution is 2.23. The van der Waals surface area contributed by atoms with Gasteiger partial charge >= 0.3 is 5.97 Å². The molecule has 0 saturated heterocycles. The lowest BCUT2D eigenvalue weighted by Gasteiger charge is -2.21. The third kappa shape index (κ3) is 6.04. The van der Waals surface area contributed by atoms with Gasteiger partial charge in [-0.05, 0) is 25.3 Å². The highest BCUT2D eigenvalue weighted by Gasteiger charge is 2.31. The number of Topliss-reactive ketones (excluding diaryl/α,β-unsaturated/α-hetero) is 1. The van der Waals surface area contributed by atoms with E-state index in [1.807, 2.05) is 19.1 Å². The predicted molar refractivity (Wildman–Crippen MR) is 86.6 cm³/mol. The highest BCUT2D eigenvalue weighted by molar-refractivity contribution is 6.18. The number of hydrogen-bond donors (Lipinski definition) is 1. The average Bonchev–Trinajstić information content (AvgIpc) is 2.46. The molecule has 0 bridgehead atoms. The minimum atomic E-state index is -0.695. The molecule has 22 heavy (non-hydrogen) atoms. The number of carbonyl (C=O) groups excluding carboxylic acids is 2. The number of unbranched alkanes of at least 4 members (excludes halogenated alkanes) is 5. The van der Waals surface area contributed by atoms with Crippen LogP contribution in [0.15, 0.2) is 23.5 Å². The Hall–Kier alpha value is -1.58. The van der Waals surface area contributed by atoms with Gasteiger partial charge in [0.15, 0.2) is 5.78 Å². The van der Waals surface area contributed by atoms with Crippen LogP contribution in [0.2, 0.25) is 0 Å². The van der Waals surface area contributed by atoms with Crippen LogP contribution in [0.25, 0.3) is 0 Å². The van der Waals surface area contributed by atoms with Crippen molar-refractivity contribution in [2.24, 2.45) is 0 Å². The van der Waals surface area contributed by atoms with Gasteiger partial charge < -0.3 is 9.84 Å². The third-order valence-electron chi connectivity index (χ3n) is 3.73. The van der Waals surface area contributed by atoms with Gasteiger partial charge in [-0.3, -0.25) is 4.79 Å². The molecule has 4 heteroatoms. The fourth-order valence-corrected chi connectivity index (χ4v) is 2.50. The first-order chi connectivity index (χ1) is 10.6. The predicted octanol–water partition coefficient (Wildman–Crippen LogP) is 4.40. The van der Waals surface area contributed by atoms with Crippen LogP contribution in [0.3, 0.4) is 0 Å². The summed E-state index contributed by atoms with van der Waals surface area (Å²) in [6, 6.07) is 0. The van der Waals surface area contributed by atoms with Crippen molar-refractivity contribution in [3.8, 4) is 0 Å². The van der Waals surface area contributed by atoms with Gasteiger partial charge in [0.05, 0.1) is 0 Å². The molecular formula is C18H28O4. The van der Waals surface area contributed by atoms with Gasteiger partial charge in [0, 0.05) is 12.8 Å². The van der Waals surface area contributed by atoms with Crippen molar-refractivity contribution >= 4 is 11.8 Å². The Bertz CT molecular complexity index is 434. The maximum absolute atomic E-state index is 11.8. The van der Waals surface area contributed by atoms with Gasteiger partial charge in [0.2, 0.25) is 0 Å². The molecule has 1 atom stereocenters. The van der Waals surface area contributed by atoms with E-state index in [0.29, 0.717) is 6.42 Å². The lowest BCUT2D eigenvalue weighted by atomic mass is 10.00. The van der Waals surface area contributed by atoms with E-state index >= 15 is 0 Å². The number of rotatable bonds is 10. The highest BCUT2D eigenvalue weighted by atomic mass is 16.5. The summed E-state index contributed by atoms with van der Waals surface area (Å²) in [6.07, 6.45) is 11.5. The van der Waals surface area contributed by atoms with E-state index < -0.39 is 12.1 Å². The minimum Gasteiger partial charge on any atom is -0.511 e. The Morgan fingerprint density at radius 1 is 1.23 bits per heavy atom. The van der Waals surface area contributed by atoms with Crippen LogP contribution in [0, 0.1) is 0 Å². The zero-order valence-corrected chi connectivity index (χ0v) is 13.8. The van der Waals surface area contributed by atoms with Crippen LogP contribution in [0.4, 0.5) is 0 Å². The number of ether oxygens (including phenoxy) is 1. The normalized spacial score (nSPS) is 18.8. The molecule has 1 heterocycles. The summed E-state index contributed by atoms with van der Waals surface area (Å²) in [5.74, 6) is -1.16. The molecule has 4 nitrogen and oxygen atoms in total. The van der Waals surface area contributed by atoms with Crippen LogP contribution < -0.4 is 0 Å². The summed E-state index contributed by atoms with van der Waals surface area (Å²) in [7, 11) is 0. The molecule has 0 radical (unpaired) electrons. The van der Waals surface area contributed by atoms with Gasteiger partial charge in [-0.1, -0.05) is 45.6 Å². The van der Waals surface area contributed by atoms with Crippen molar-refractivity contribution in [1.82, 2.24) is 0 Å². The largest absolute Gasteiger partial charge is 0.511 e. The van der Waals surface area contributed by atoms with Gasteiger partial charge in [0.25, 0.3) is 0 Å². The Balaban J connectivity index is 2.43. The molecule has 0 aromatic rings. The van der Waals surface area contributed by atoms with Crippen LogP contribution in [-0.2, 0) is 14.3 Å². The van der Waals surface area contributed by atoms with Gasteiger partial charge in [-0.25, -0.2) is 4.79 Å². The molecule has 0 aliphatic carbocycles. The van der Waals surface area contributed by atoms with Crippen LogP contribution in [0.1, 0.15) is 71.6 Å². The summed E-state index contributed by atoms with van der Waals surface area (Å²) in [5, 5.41) is 9.93. The van der Waals surface area contributed by atoms with Crippen LogP contribution >= 0.6 is 0 Å². The molecule has 0 amide bonds. The first kappa shape index (κ1) is 18.5. The number of aliphatic hydroxyl groups is 1.